The minimum Gasteiger partial charge on any atom is -0.501 e. The Hall–Kier alpha value is -1.56. The quantitative estimate of drug-likeness (QED) is 0.264. The minimum atomic E-state index is -0.529. The first-order valence-electron chi connectivity index (χ1n) is 5.15. The van der Waals surface area contributed by atoms with Crippen molar-refractivity contribution < 1.29 is 14.3 Å². The normalized spacial score (nSPS) is 11.6. The summed E-state index contributed by atoms with van der Waals surface area (Å²) in [5, 5.41) is 0. The number of aliphatic imine (C=N–C) groups is 2. The van der Waals surface area contributed by atoms with E-state index < -0.39 is 5.97 Å². The van der Waals surface area contributed by atoms with Crippen LogP contribution in [-0.2, 0) is 14.3 Å². The zero-order valence-corrected chi connectivity index (χ0v) is 12.1. The van der Waals surface area contributed by atoms with E-state index in [4.69, 9.17) is 4.74 Å². The number of esters is 1. The largest absolute Gasteiger partial charge is 0.501 e. The van der Waals surface area contributed by atoms with E-state index in [9.17, 15) is 4.79 Å². The van der Waals surface area contributed by atoms with Crippen molar-refractivity contribution in [3.05, 3.63) is 24.1 Å². The molecule has 0 spiro atoms. The van der Waals surface area contributed by atoms with Crippen molar-refractivity contribution in [2.75, 3.05) is 27.0 Å². The van der Waals surface area contributed by atoms with Crippen molar-refractivity contribution in [3.8, 4) is 0 Å². The number of methoxy groups -OCH3 is 1. The molecule has 0 amide bonds. The van der Waals surface area contributed by atoms with E-state index in [2.05, 4.69) is 34.1 Å². The molecule has 0 aromatic carbocycles. The third-order valence-electron chi connectivity index (χ3n) is 1.62. The highest BCUT2D eigenvalue weighted by atomic mass is 32.1. The predicted octanol–water partition coefficient (Wildman–Crippen LogP) is 1.91. The van der Waals surface area contributed by atoms with Gasteiger partial charge in [0.05, 0.1) is 20.0 Å². The molecule has 0 atom stereocenters. The maximum atomic E-state index is 11.4. The Morgan fingerprint density at radius 2 is 2.06 bits per heavy atom. The smallest absolute Gasteiger partial charge is 0.356 e. The molecule has 5 nitrogen and oxygen atoms in total. The van der Waals surface area contributed by atoms with Gasteiger partial charge in [-0.2, -0.15) is 12.6 Å². The first kappa shape index (κ1) is 18.8. The molecule has 6 heteroatoms. The van der Waals surface area contributed by atoms with E-state index in [0.717, 1.165) is 0 Å². The minimum absolute atomic E-state index is 0.172. The second-order valence-corrected chi connectivity index (χ2v) is 2.59. The van der Waals surface area contributed by atoms with Crippen LogP contribution in [0.2, 0.25) is 0 Å². The van der Waals surface area contributed by atoms with Gasteiger partial charge in [-0.3, -0.25) is 9.98 Å². The van der Waals surface area contributed by atoms with Crippen LogP contribution in [-0.4, -0.2) is 45.4 Å². The predicted molar refractivity (Wildman–Crippen MR) is 78.7 cm³/mol. The van der Waals surface area contributed by atoms with Crippen molar-refractivity contribution >= 4 is 31.0 Å². The van der Waals surface area contributed by atoms with Gasteiger partial charge in [0.2, 0.25) is 0 Å². The standard InChI is InChI=1S/C11H16N2O3.CH4S/c1-5-16-7-6-9(8-12-2)10(13-3)11(14)15-4;1-2/h6-8H,2,5H2,1,3-4H3;2H,1H3/b7-6+,9-8-,13-10?;. The van der Waals surface area contributed by atoms with E-state index in [1.165, 1.54) is 26.6 Å². The lowest BCUT2D eigenvalue weighted by Crippen LogP contribution is -2.17. The Kier molecular flexibility index (Phi) is 14.1. The number of allylic oxidation sites excluding steroid dienone is 1. The summed E-state index contributed by atoms with van der Waals surface area (Å²) >= 11 is 3.53. The summed E-state index contributed by atoms with van der Waals surface area (Å²) in [7, 11) is 2.79. The third kappa shape index (κ3) is 7.67. The summed E-state index contributed by atoms with van der Waals surface area (Å²) in [4.78, 5) is 18.8. The maximum absolute atomic E-state index is 11.4. The molecule has 0 N–H and O–H groups in total. The molecule has 0 bridgehead atoms. The Morgan fingerprint density at radius 1 is 1.44 bits per heavy atom. The van der Waals surface area contributed by atoms with E-state index >= 15 is 0 Å². The number of carbonyl (C=O) groups is 1. The Labute approximate surface area is 114 Å². The van der Waals surface area contributed by atoms with Crippen molar-refractivity contribution in [3.63, 3.8) is 0 Å². The summed E-state index contributed by atoms with van der Waals surface area (Å²) in [5.41, 5.74) is 0.656. The van der Waals surface area contributed by atoms with Crippen molar-refractivity contribution in [2.24, 2.45) is 9.98 Å². The van der Waals surface area contributed by atoms with Crippen LogP contribution < -0.4 is 0 Å². The maximum Gasteiger partial charge on any atom is 0.356 e. The summed E-state index contributed by atoms with van der Waals surface area (Å²) in [6.07, 6.45) is 6.15. The molecule has 0 aliphatic carbocycles. The molecule has 0 fully saturated rings. The van der Waals surface area contributed by atoms with Crippen LogP contribution in [0.4, 0.5) is 0 Å². The zero-order chi connectivity index (χ0) is 14.4. The van der Waals surface area contributed by atoms with Crippen LogP contribution in [0.25, 0.3) is 0 Å². The van der Waals surface area contributed by atoms with Crippen LogP contribution in [0.1, 0.15) is 6.92 Å². The van der Waals surface area contributed by atoms with Crippen molar-refractivity contribution in [2.45, 2.75) is 6.92 Å². The molecule has 0 aliphatic heterocycles. The van der Waals surface area contributed by atoms with Crippen molar-refractivity contribution in [1.29, 1.82) is 0 Å². The average molecular weight is 272 g/mol. The van der Waals surface area contributed by atoms with Gasteiger partial charge in [-0.25, -0.2) is 4.79 Å². The number of thiol groups is 1. The topological polar surface area (TPSA) is 60.2 Å². The van der Waals surface area contributed by atoms with Gasteiger partial charge >= 0.3 is 5.97 Å². The van der Waals surface area contributed by atoms with Gasteiger partial charge in [0.1, 0.15) is 0 Å². The first-order valence-corrected chi connectivity index (χ1v) is 6.05. The number of hydrogen-bond acceptors (Lipinski definition) is 6. The summed E-state index contributed by atoms with van der Waals surface area (Å²) in [6, 6.07) is 0. The fourth-order valence-electron chi connectivity index (χ4n) is 0.934. The number of carbonyl (C=O) groups excluding carboxylic acids is 1. The van der Waals surface area contributed by atoms with Gasteiger partial charge in [0, 0.05) is 18.8 Å². The molecule has 0 unspecified atom stereocenters. The van der Waals surface area contributed by atoms with E-state index in [-0.39, 0.29) is 5.71 Å². The molecule has 0 heterocycles. The SMILES string of the molecule is C=N/C=C(/C=C/OCC)C(=NC)C(=O)OC.CS. The highest BCUT2D eigenvalue weighted by Crippen LogP contribution is 2.04. The molecular weight excluding hydrogens is 252 g/mol. The van der Waals surface area contributed by atoms with Gasteiger partial charge in [0.15, 0.2) is 5.71 Å². The Balaban J connectivity index is 0. The fourth-order valence-corrected chi connectivity index (χ4v) is 0.934. The Morgan fingerprint density at radius 3 is 2.44 bits per heavy atom. The molecule has 0 saturated carbocycles. The molecule has 0 aromatic rings. The lowest BCUT2D eigenvalue weighted by atomic mass is 10.1. The average Bonchev–Trinajstić information content (AvgIpc) is 2.41. The second-order valence-electron chi connectivity index (χ2n) is 2.59. The number of ether oxygens (including phenoxy) is 2. The molecule has 0 rings (SSSR count). The first-order chi connectivity index (χ1) is 8.71. The third-order valence-corrected chi connectivity index (χ3v) is 1.62. The molecule has 0 aromatic heterocycles. The number of nitrogens with zero attached hydrogens (tertiary/aromatic N) is 2. The summed E-state index contributed by atoms with van der Waals surface area (Å²) in [5.74, 6) is -0.529. The van der Waals surface area contributed by atoms with Crippen LogP contribution in [0.15, 0.2) is 34.1 Å². The summed E-state index contributed by atoms with van der Waals surface area (Å²) in [6.45, 7) is 5.72. The molecule has 0 saturated heterocycles. The van der Waals surface area contributed by atoms with Crippen molar-refractivity contribution in [1.82, 2.24) is 0 Å². The van der Waals surface area contributed by atoms with Gasteiger partial charge in [-0.05, 0) is 26.0 Å². The van der Waals surface area contributed by atoms with Gasteiger partial charge in [-0.1, -0.05) is 0 Å². The Bertz CT molecular complexity index is 336. The second kappa shape index (κ2) is 13.5. The molecule has 0 radical (unpaired) electrons. The molecule has 102 valence electrons. The lowest BCUT2D eigenvalue weighted by molar-refractivity contribution is -0.132. The van der Waals surface area contributed by atoms with E-state index in [1.54, 1.807) is 12.3 Å². The highest BCUT2D eigenvalue weighted by Gasteiger charge is 2.14. The van der Waals surface area contributed by atoms with Crippen LogP contribution in [0.3, 0.4) is 0 Å². The molecule has 0 aliphatic rings. The van der Waals surface area contributed by atoms with E-state index in [0.29, 0.717) is 12.2 Å². The zero-order valence-electron chi connectivity index (χ0n) is 11.2. The highest BCUT2D eigenvalue weighted by molar-refractivity contribution is 7.79. The van der Waals surface area contributed by atoms with Crippen LogP contribution in [0, 0.1) is 0 Å². The van der Waals surface area contributed by atoms with E-state index in [1.807, 2.05) is 6.92 Å². The fraction of sp³-hybridized carbons (Fsp3) is 0.417. The van der Waals surface area contributed by atoms with Gasteiger partial charge in [-0.15, -0.1) is 0 Å². The number of rotatable bonds is 6. The lowest BCUT2D eigenvalue weighted by Gasteiger charge is -2.03. The molecular formula is C12H20N2O3S. The monoisotopic (exact) mass is 272 g/mol. The van der Waals surface area contributed by atoms with Crippen LogP contribution >= 0.6 is 12.6 Å². The molecule has 18 heavy (non-hydrogen) atoms. The number of hydrogen-bond donors (Lipinski definition) is 1. The van der Waals surface area contributed by atoms with Crippen LogP contribution in [0.5, 0.6) is 0 Å². The van der Waals surface area contributed by atoms with Gasteiger partial charge in [0.25, 0.3) is 0 Å². The summed E-state index contributed by atoms with van der Waals surface area (Å²) < 4.78 is 9.62. The van der Waals surface area contributed by atoms with Gasteiger partial charge < -0.3 is 9.47 Å².